The van der Waals surface area contributed by atoms with Gasteiger partial charge in [0.15, 0.2) is 5.96 Å². The fourth-order valence-electron chi connectivity index (χ4n) is 2.90. The van der Waals surface area contributed by atoms with Gasteiger partial charge in [-0.25, -0.2) is 4.68 Å². The van der Waals surface area contributed by atoms with Gasteiger partial charge in [0.05, 0.1) is 11.7 Å². The quantitative estimate of drug-likeness (QED) is 0.287. The smallest absolute Gasteiger partial charge is 0.191 e. The van der Waals surface area contributed by atoms with Gasteiger partial charge in [-0.15, -0.1) is 35.3 Å². The van der Waals surface area contributed by atoms with Crippen molar-refractivity contribution < 1.29 is 0 Å². The van der Waals surface area contributed by atoms with E-state index in [2.05, 4.69) is 83.3 Å². The largest absolute Gasteiger partial charge is 0.355 e. The number of hydrogen-bond donors (Lipinski definition) is 2. The van der Waals surface area contributed by atoms with Crippen LogP contribution in [-0.2, 0) is 5.41 Å². The molecule has 0 radical (unpaired) electrons. The summed E-state index contributed by atoms with van der Waals surface area (Å²) in [5, 5.41) is 13.4. The molecular formula is C21H28IN5S. The lowest BCUT2D eigenvalue weighted by molar-refractivity contribution is 0.515. The van der Waals surface area contributed by atoms with E-state index in [1.807, 2.05) is 16.9 Å². The van der Waals surface area contributed by atoms with Crippen LogP contribution < -0.4 is 10.6 Å². The Morgan fingerprint density at radius 1 is 1.25 bits per heavy atom. The molecule has 5 nitrogen and oxygen atoms in total. The Bertz CT molecular complexity index is 872. The average Bonchev–Trinajstić information content (AvgIpc) is 3.39. The fraction of sp³-hybridized carbons (Fsp3) is 0.333. The van der Waals surface area contributed by atoms with E-state index in [-0.39, 0.29) is 35.4 Å². The highest BCUT2D eigenvalue weighted by atomic mass is 127. The molecule has 0 amide bonds. The first-order chi connectivity index (χ1) is 13.0. The Balaban J connectivity index is 0.00000280. The maximum Gasteiger partial charge on any atom is 0.191 e. The number of rotatable bonds is 6. The van der Waals surface area contributed by atoms with E-state index in [1.165, 1.54) is 10.4 Å². The summed E-state index contributed by atoms with van der Waals surface area (Å²) in [6, 6.07) is 14.7. The van der Waals surface area contributed by atoms with Crippen molar-refractivity contribution in [1.82, 2.24) is 20.4 Å². The number of thiophene rings is 1. The molecule has 7 heteroatoms. The Labute approximate surface area is 188 Å². The van der Waals surface area contributed by atoms with Gasteiger partial charge < -0.3 is 10.6 Å². The lowest BCUT2D eigenvalue weighted by atomic mass is 9.91. The number of aliphatic imine (C=N–C) groups is 1. The molecule has 2 heterocycles. The molecule has 0 spiro atoms. The Kier molecular flexibility index (Phi) is 8.06. The van der Waals surface area contributed by atoms with E-state index in [0.717, 1.165) is 18.2 Å². The predicted octanol–water partition coefficient (Wildman–Crippen LogP) is 4.76. The third kappa shape index (κ3) is 5.57. The van der Waals surface area contributed by atoms with Gasteiger partial charge in [0, 0.05) is 36.3 Å². The molecule has 0 saturated carbocycles. The summed E-state index contributed by atoms with van der Waals surface area (Å²) in [6.45, 7) is 7.44. The van der Waals surface area contributed by atoms with Crippen LogP contribution in [-0.4, -0.2) is 29.3 Å². The van der Waals surface area contributed by atoms with Crippen molar-refractivity contribution >= 4 is 41.3 Å². The highest BCUT2D eigenvalue weighted by Gasteiger charge is 2.22. The number of hydrogen-bond acceptors (Lipinski definition) is 3. The first-order valence-corrected chi connectivity index (χ1v) is 9.99. The number of nitrogens with one attached hydrogen (secondary N) is 2. The average molecular weight is 509 g/mol. The van der Waals surface area contributed by atoms with Crippen LogP contribution in [0.15, 0.2) is 65.2 Å². The van der Waals surface area contributed by atoms with Gasteiger partial charge in [0.25, 0.3) is 0 Å². The lowest BCUT2D eigenvalue weighted by Crippen LogP contribution is -2.44. The Hall–Kier alpha value is -1.87. The van der Waals surface area contributed by atoms with Crippen LogP contribution in [0.2, 0.25) is 0 Å². The van der Waals surface area contributed by atoms with Crippen molar-refractivity contribution in [3.05, 3.63) is 70.7 Å². The van der Waals surface area contributed by atoms with Gasteiger partial charge in [-0.2, -0.15) is 5.10 Å². The highest BCUT2D eigenvalue weighted by Crippen LogP contribution is 2.26. The van der Waals surface area contributed by atoms with E-state index >= 15 is 0 Å². The van der Waals surface area contributed by atoms with Crippen LogP contribution >= 0.6 is 35.3 Å². The van der Waals surface area contributed by atoms with Crippen LogP contribution in [0.4, 0.5) is 0 Å². The van der Waals surface area contributed by atoms with Gasteiger partial charge in [-0.05, 0) is 42.1 Å². The molecule has 3 aromatic rings. The molecule has 2 N–H and O–H groups in total. The second-order valence-electron chi connectivity index (χ2n) is 7.20. The first kappa shape index (κ1) is 22.4. The Morgan fingerprint density at radius 3 is 2.71 bits per heavy atom. The monoisotopic (exact) mass is 509 g/mol. The van der Waals surface area contributed by atoms with E-state index in [9.17, 15) is 0 Å². The molecule has 2 aromatic heterocycles. The number of halogens is 1. The lowest BCUT2D eigenvalue weighted by Gasteiger charge is -2.26. The first-order valence-electron chi connectivity index (χ1n) is 9.11. The maximum absolute atomic E-state index is 4.39. The molecule has 1 unspecified atom stereocenters. The van der Waals surface area contributed by atoms with Gasteiger partial charge in [0.1, 0.15) is 0 Å². The minimum atomic E-state index is 0. The number of guanidine groups is 1. The van der Waals surface area contributed by atoms with E-state index < -0.39 is 0 Å². The molecule has 150 valence electrons. The van der Waals surface area contributed by atoms with Crippen molar-refractivity contribution in [2.45, 2.75) is 32.2 Å². The fourth-order valence-corrected chi connectivity index (χ4v) is 3.75. The van der Waals surface area contributed by atoms with Gasteiger partial charge in [-0.1, -0.05) is 32.0 Å². The normalized spacial score (nSPS) is 12.9. The summed E-state index contributed by atoms with van der Waals surface area (Å²) in [4.78, 5) is 5.76. The third-order valence-electron chi connectivity index (χ3n) is 4.60. The minimum absolute atomic E-state index is 0. The van der Waals surface area contributed by atoms with Gasteiger partial charge in [0.2, 0.25) is 0 Å². The van der Waals surface area contributed by atoms with Crippen LogP contribution in [0.3, 0.4) is 0 Å². The summed E-state index contributed by atoms with van der Waals surface area (Å²) >= 11 is 1.79. The molecule has 0 fully saturated rings. The zero-order valence-corrected chi connectivity index (χ0v) is 19.9. The molecule has 0 aliphatic rings. The summed E-state index contributed by atoms with van der Waals surface area (Å²) < 4.78 is 1.87. The minimum Gasteiger partial charge on any atom is -0.355 e. The van der Waals surface area contributed by atoms with Crippen LogP contribution in [0.1, 0.15) is 37.3 Å². The second-order valence-corrected chi connectivity index (χ2v) is 8.15. The molecule has 3 rings (SSSR count). The van der Waals surface area contributed by atoms with Gasteiger partial charge >= 0.3 is 0 Å². The van der Waals surface area contributed by atoms with E-state index in [0.29, 0.717) is 0 Å². The van der Waals surface area contributed by atoms with Crippen LogP contribution in [0, 0.1) is 0 Å². The maximum atomic E-state index is 4.39. The number of benzene rings is 1. The molecule has 28 heavy (non-hydrogen) atoms. The predicted molar refractivity (Wildman–Crippen MR) is 129 cm³/mol. The van der Waals surface area contributed by atoms with Crippen molar-refractivity contribution in [2.24, 2.45) is 4.99 Å². The Morgan fingerprint density at radius 2 is 2.07 bits per heavy atom. The molecule has 0 aliphatic heterocycles. The molecule has 1 aromatic carbocycles. The van der Waals surface area contributed by atoms with Crippen LogP contribution in [0.25, 0.3) is 5.69 Å². The molecule has 0 aliphatic carbocycles. The van der Waals surface area contributed by atoms with Crippen LogP contribution in [0.5, 0.6) is 0 Å². The molecular weight excluding hydrogens is 481 g/mol. The summed E-state index contributed by atoms with van der Waals surface area (Å²) in [7, 11) is 1.81. The zero-order valence-electron chi connectivity index (χ0n) is 16.7. The topological polar surface area (TPSA) is 54.2 Å². The summed E-state index contributed by atoms with van der Waals surface area (Å²) in [5.41, 5.74) is 2.28. The van der Waals surface area contributed by atoms with Crippen molar-refractivity contribution in [2.75, 3.05) is 13.6 Å². The number of aromatic nitrogens is 2. The molecule has 0 saturated heterocycles. The summed E-state index contributed by atoms with van der Waals surface area (Å²) in [6.07, 6.45) is 3.74. The van der Waals surface area contributed by atoms with E-state index in [4.69, 9.17) is 0 Å². The third-order valence-corrected chi connectivity index (χ3v) is 5.84. The van der Waals surface area contributed by atoms with Crippen molar-refractivity contribution in [3.8, 4) is 5.69 Å². The molecule has 0 bridgehead atoms. The zero-order chi connectivity index (χ0) is 19.3. The standard InChI is InChI=1S/C21H27N5S.HI/c1-16(17-8-5-9-18(14-17)26-12-7-11-24-26)25-20(22-4)23-15-21(2,3)19-10-6-13-27-19;/h5-14,16H,15H2,1-4H3,(H2,22,23,25);1H. The highest BCUT2D eigenvalue weighted by molar-refractivity contribution is 14.0. The van der Waals surface area contributed by atoms with Crippen molar-refractivity contribution in [3.63, 3.8) is 0 Å². The van der Waals surface area contributed by atoms with Crippen molar-refractivity contribution in [1.29, 1.82) is 0 Å². The number of nitrogens with zero attached hydrogens (tertiary/aromatic N) is 3. The molecule has 1 atom stereocenters. The van der Waals surface area contributed by atoms with E-state index in [1.54, 1.807) is 24.6 Å². The SMILES string of the molecule is CN=C(NCC(C)(C)c1cccs1)NC(C)c1cccc(-n2cccn2)c1.I. The summed E-state index contributed by atoms with van der Waals surface area (Å²) in [5.74, 6) is 0.802. The second kappa shape index (κ2) is 10.1. The van der Waals surface area contributed by atoms with Gasteiger partial charge in [-0.3, -0.25) is 4.99 Å².